The van der Waals surface area contributed by atoms with E-state index in [-0.39, 0.29) is 35.6 Å². The maximum absolute atomic E-state index is 12.5. The van der Waals surface area contributed by atoms with Crippen LogP contribution in [0.25, 0.3) is 0 Å². The van der Waals surface area contributed by atoms with Gasteiger partial charge in [0.25, 0.3) is 0 Å². The van der Waals surface area contributed by atoms with Gasteiger partial charge in [-0.25, -0.2) is 9.59 Å². The minimum absolute atomic E-state index is 0.0802. The molecule has 3 aliphatic heterocycles. The lowest BCUT2D eigenvalue weighted by atomic mass is 10.0. The molecule has 2 amide bonds. The van der Waals surface area contributed by atoms with Crippen LogP contribution in [0.5, 0.6) is 0 Å². The molecule has 3 rings (SSSR count). The monoisotopic (exact) mass is 491 g/mol. The summed E-state index contributed by atoms with van der Waals surface area (Å²) in [6, 6.07) is -0.774. The SMILES string of the molecule is N[C@@H]1C(=O)N2C(C(=O)O)=C(/C=C3\CCN(CC(F)(F)F)C3=O)CS[C@H]12.O=C(O)C(F)(F)F. The molecule has 0 aliphatic carbocycles. The lowest BCUT2D eigenvalue weighted by Crippen LogP contribution is -2.68. The molecular weight excluding hydrogens is 476 g/mol. The molecule has 0 aromatic heterocycles. The summed E-state index contributed by atoms with van der Waals surface area (Å²) >= 11 is 1.26. The number of hydrogen-bond donors (Lipinski definition) is 3. The highest BCUT2D eigenvalue weighted by Crippen LogP contribution is 2.40. The van der Waals surface area contributed by atoms with Crippen molar-refractivity contribution < 1.29 is 55.7 Å². The first-order chi connectivity index (χ1) is 14.5. The molecule has 0 saturated carbocycles. The lowest BCUT2D eigenvalue weighted by Gasteiger charge is -2.47. The molecule has 2 fully saturated rings. The first-order valence-electron chi connectivity index (χ1n) is 8.58. The number of allylic oxidation sites excluding steroid dienone is 1. The molecule has 2 saturated heterocycles. The number of carbonyl (C=O) groups is 4. The molecule has 3 aliphatic rings. The number of carboxylic acids is 2. The summed E-state index contributed by atoms with van der Waals surface area (Å²) in [4.78, 5) is 46.1. The summed E-state index contributed by atoms with van der Waals surface area (Å²) in [5.41, 5.74) is 5.71. The van der Waals surface area contributed by atoms with Crippen LogP contribution in [0.4, 0.5) is 26.3 Å². The third-order valence-corrected chi connectivity index (χ3v) is 5.74. The fourth-order valence-electron chi connectivity index (χ4n) is 3.03. The largest absolute Gasteiger partial charge is 0.490 e. The minimum atomic E-state index is -5.08. The van der Waals surface area contributed by atoms with Crippen molar-refractivity contribution in [3.63, 3.8) is 0 Å². The highest BCUT2D eigenvalue weighted by atomic mass is 32.2. The zero-order valence-electron chi connectivity index (χ0n) is 15.7. The Morgan fingerprint density at radius 2 is 1.72 bits per heavy atom. The molecule has 16 heteroatoms. The average Bonchev–Trinajstić information content (AvgIpc) is 2.98. The van der Waals surface area contributed by atoms with Gasteiger partial charge in [0.2, 0.25) is 11.8 Å². The van der Waals surface area contributed by atoms with E-state index in [9.17, 15) is 45.8 Å². The summed E-state index contributed by atoms with van der Waals surface area (Å²) in [5.74, 6) is -5.18. The standard InChI is InChI=1S/C14H14F3N3O4S.C2HF3O2/c15-14(16,17)5-19-2-1-6(10(19)21)3-7-4-25-12-8(18)11(22)20(12)9(7)13(23)24;3-2(4,5)1(6)7/h3,8,12H,1-2,4-5,18H2,(H,23,24);(H,6,7)/b6-3+;/t8-,12-;/m1./s1. The van der Waals surface area contributed by atoms with E-state index in [0.717, 1.165) is 4.90 Å². The molecule has 32 heavy (non-hydrogen) atoms. The van der Waals surface area contributed by atoms with Crippen molar-refractivity contribution in [1.82, 2.24) is 9.80 Å². The maximum Gasteiger partial charge on any atom is 0.490 e. The second kappa shape index (κ2) is 9.01. The Bertz CT molecular complexity index is 900. The quantitative estimate of drug-likeness (QED) is 0.301. The Morgan fingerprint density at radius 3 is 2.19 bits per heavy atom. The van der Waals surface area contributed by atoms with Crippen LogP contribution in [-0.4, -0.2) is 86.4 Å². The van der Waals surface area contributed by atoms with Crippen molar-refractivity contribution in [2.24, 2.45) is 5.73 Å². The van der Waals surface area contributed by atoms with Crippen LogP contribution >= 0.6 is 11.8 Å². The van der Waals surface area contributed by atoms with E-state index >= 15 is 0 Å². The van der Waals surface area contributed by atoms with E-state index in [1.165, 1.54) is 17.8 Å². The highest BCUT2D eigenvalue weighted by Gasteiger charge is 2.51. The van der Waals surface area contributed by atoms with Gasteiger partial charge in [-0.1, -0.05) is 0 Å². The predicted molar refractivity (Wildman–Crippen MR) is 94.8 cm³/mol. The summed E-state index contributed by atoms with van der Waals surface area (Å²) < 4.78 is 69.1. The van der Waals surface area contributed by atoms with Crippen molar-refractivity contribution >= 4 is 35.5 Å². The Balaban J connectivity index is 0.000000451. The molecule has 0 bridgehead atoms. The van der Waals surface area contributed by atoms with E-state index in [4.69, 9.17) is 15.6 Å². The maximum atomic E-state index is 12.5. The molecule has 0 aromatic rings. The zero-order chi connectivity index (χ0) is 24.6. The molecule has 4 N–H and O–H groups in total. The van der Waals surface area contributed by atoms with Gasteiger partial charge in [0.1, 0.15) is 23.7 Å². The van der Waals surface area contributed by atoms with Gasteiger partial charge < -0.3 is 20.8 Å². The van der Waals surface area contributed by atoms with Gasteiger partial charge in [-0.05, 0) is 18.1 Å². The Kier molecular flexibility index (Phi) is 7.18. The van der Waals surface area contributed by atoms with Crippen molar-refractivity contribution in [2.45, 2.75) is 30.2 Å². The van der Waals surface area contributed by atoms with Gasteiger partial charge in [-0.3, -0.25) is 14.5 Å². The fraction of sp³-hybridized carbons (Fsp3) is 0.500. The number of carboxylic acid groups (broad SMARTS) is 2. The minimum Gasteiger partial charge on any atom is -0.477 e. The highest BCUT2D eigenvalue weighted by molar-refractivity contribution is 8.00. The Hall–Kier alpha value is -2.75. The molecule has 0 aromatic carbocycles. The Morgan fingerprint density at radius 1 is 1.16 bits per heavy atom. The number of carbonyl (C=O) groups excluding carboxylic acids is 2. The summed E-state index contributed by atoms with van der Waals surface area (Å²) in [5, 5.41) is 16.1. The van der Waals surface area contributed by atoms with Gasteiger partial charge >= 0.3 is 24.3 Å². The first kappa shape index (κ1) is 25.5. The number of thioether (sulfide) groups is 1. The smallest absolute Gasteiger partial charge is 0.477 e. The number of alkyl halides is 6. The van der Waals surface area contributed by atoms with Crippen molar-refractivity contribution in [3.05, 3.63) is 22.9 Å². The number of halogens is 6. The van der Waals surface area contributed by atoms with Crippen LogP contribution in [0.1, 0.15) is 6.42 Å². The topological polar surface area (TPSA) is 141 Å². The summed E-state index contributed by atoms with van der Waals surface area (Å²) in [7, 11) is 0. The molecular formula is C16H15F6N3O6S. The number of nitrogens with two attached hydrogens (primary N) is 1. The summed E-state index contributed by atoms with van der Waals surface area (Å²) in [6.07, 6.45) is -8.19. The van der Waals surface area contributed by atoms with Crippen molar-refractivity contribution in [3.8, 4) is 0 Å². The van der Waals surface area contributed by atoms with Gasteiger partial charge in [-0.2, -0.15) is 26.3 Å². The zero-order valence-corrected chi connectivity index (χ0v) is 16.6. The van der Waals surface area contributed by atoms with Gasteiger partial charge in [0.05, 0.1) is 0 Å². The number of aliphatic carboxylic acids is 2. The number of hydrogen-bond acceptors (Lipinski definition) is 6. The molecule has 178 valence electrons. The van der Waals surface area contributed by atoms with Crippen LogP contribution in [0.15, 0.2) is 22.9 Å². The van der Waals surface area contributed by atoms with Crippen molar-refractivity contribution in [2.75, 3.05) is 18.8 Å². The molecule has 0 unspecified atom stereocenters. The predicted octanol–water partition coefficient (Wildman–Crippen LogP) is 0.922. The normalized spacial score (nSPS) is 24.8. The van der Waals surface area contributed by atoms with E-state index in [0.29, 0.717) is 4.90 Å². The third kappa shape index (κ3) is 5.53. The second-order valence-corrected chi connectivity index (χ2v) is 7.78. The van der Waals surface area contributed by atoms with Crippen LogP contribution in [0, 0.1) is 0 Å². The van der Waals surface area contributed by atoms with E-state index in [1.807, 2.05) is 0 Å². The lowest BCUT2D eigenvalue weighted by molar-refractivity contribution is -0.192. The van der Waals surface area contributed by atoms with E-state index in [2.05, 4.69) is 0 Å². The average molecular weight is 491 g/mol. The summed E-state index contributed by atoms with van der Waals surface area (Å²) in [6.45, 7) is -1.42. The number of rotatable bonds is 3. The third-order valence-electron chi connectivity index (χ3n) is 4.42. The van der Waals surface area contributed by atoms with Gasteiger partial charge in [0, 0.05) is 17.9 Å². The number of β-lactam (4-membered cyclic amide) rings is 1. The van der Waals surface area contributed by atoms with Crippen LogP contribution in [-0.2, 0) is 19.2 Å². The van der Waals surface area contributed by atoms with E-state index < -0.39 is 54.1 Å². The molecule has 9 nitrogen and oxygen atoms in total. The number of likely N-dealkylation sites (tertiary alicyclic amines) is 1. The van der Waals surface area contributed by atoms with Crippen LogP contribution in [0.3, 0.4) is 0 Å². The second-order valence-electron chi connectivity index (χ2n) is 6.68. The molecule has 0 spiro atoms. The Labute approximate surface area is 179 Å². The van der Waals surface area contributed by atoms with Gasteiger partial charge in [-0.15, -0.1) is 11.8 Å². The van der Waals surface area contributed by atoms with Gasteiger partial charge in [0.15, 0.2) is 0 Å². The molecule has 2 atom stereocenters. The molecule has 3 heterocycles. The first-order valence-corrected chi connectivity index (χ1v) is 9.63. The van der Waals surface area contributed by atoms with Crippen LogP contribution < -0.4 is 5.73 Å². The van der Waals surface area contributed by atoms with E-state index in [1.54, 1.807) is 0 Å². The number of fused-ring (bicyclic) bond motifs is 1. The molecule has 0 radical (unpaired) electrons. The number of nitrogens with zero attached hydrogens (tertiary/aromatic N) is 2. The number of amides is 2. The fourth-order valence-corrected chi connectivity index (χ4v) is 4.28. The van der Waals surface area contributed by atoms with Crippen molar-refractivity contribution in [1.29, 1.82) is 0 Å². The van der Waals surface area contributed by atoms with Crippen LogP contribution in [0.2, 0.25) is 0 Å².